The summed E-state index contributed by atoms with van der Waals surface area (Å²) >= 11 is 0. The number of nitrogens with two attached hydrogens (primary N) is 1. The van der Waals surface area contributed by atoms with Gasteiger partial charge in [0.05, 0.1) is 11.1 Å². The number of phenolic OH excluding ortho intramolecular Hbond substituents is 1. The van der Waals surface area contributed by atoms with Crippen LogP contribution < -0.4 is 5.73 Å². The molecule has 0 atom stereocenters. The van der Waals surface area contributed by atoms with Crippen molar-refractivity contribution in [3.8, 4) is 5.75 Å². The molecule has 168 valence electrons. The number of sulfonamides is 1. The molecule has 1 aliphatic carbocycles. The third-order valence-corrected chi connectivity index (χ3v) is 8.07. The molecule has 1 saturated carbocycles. The number of hydrogen-bond acceptors (Lipinski definition) is 6. The van der Waals surface area contributed by atoms with E-state index < -0.39 is 10.0 Å². The highest BCUT2D eigenvalue weighted by molar-refractivity contribution is 7.89. The van der Waals surface area contributed by atoms with Crippen LogP contribution >= 0.6 is 0 Å². The number of nitrogens with zero attached hydrogens (tertiary/aromatic N) is 3. The number of hydrogen-bond donors (Lipinski definition) is 2. The van der Waals surface area contributed by atoms with Crippen LogP contribution in [0.1, 0.15) is 37.7 Å². The molecule has 32 heavy (non-hydrogen) atoms. The van der Waals surface area contributed by atoms with Crippen LogP contribution in [0.25, 0.3) is 10.8 Å². The second-order valence-corrected chi connectivity index (χ2v) is 10.3. The van der Waals surface area contributed by atoms with Gasteiger partial charge in [0.25, 0.3) is 0 Å². The second kappa shape index (κ2) is 8.88. The number of aryl methyl sites for hydroxylation is 1. The van der Waals surface area contributed by atoms with Crippen LogP contribution in [0.4, 0.5) is 17.1 Å². The van der Waals surface area contributed by atoms with Gasteiger partial charge >= 0.3 is 0 Å². The number of nitrogen functional groups attached to an aromatic ring is 1. The molecule has 4 rings (SSSR count). The fourth-order valence-corrected chi connectivity index (χ4v) is 5.89. The normalized spacial score (nSPS) is 15.7. The highest BCUT2D eigenvalue weighted by Gasteiger charge is 2.30. The molecule has 0 bridgehead atoms. The highest BCUT2D eigenvalue weighted by atomic mass is 32.2. The van der Waals surface area contributed by atoms with E-state index in [2.05, 4.69) is 10.2 Å². The summed E-state index contributed by atoms with van der Waals surface area (Å²) in [5.41, 5.74) is 7.94. The van der Waals surface area contributed by atoms with E-state index in [-0.39, 0.29) is 22.4 Å². The molecule has 0 spiro atoms. The Kier molecular flexibility index (Phi) is 6.17. The average Bonchev–Trinajstić information content (AvgIpc) is 2.78. The van der Waals surface area contributed by atoms with Crippen LogP contribution in [0, 0.1) is 6.92 Å². The van der Waals surface area contributed by atoms with Crippen molar-refractivity contribution in [2.24, 2.45) is 10.2 Å². The Hall–Kier alpha value is -2.97. The van der Waals surface area contributed by atoms with Gasteiger partial charge in [-0.05, 0) is 55.0 Å². The summed E-state index contributed by atoms with van der Waals surface area (Å²) in [6, 6.07) is 13.6. The summed E-state index contributed by atoms with van der Waals surface area (Å²) in [5.74, 6) is 0.0548. The molecule has 7 nitrogen and oxygen atoms in total. The molecule has 8 heteroatoms. The first kappa shape index (κ1) is 22.2. The molecular formula is C24H28N4O3S. The van der Waals surface area contributed by atoms with Crippen molar-refractivity contribution in [1.82, 2.24) is 4.31 Å². The number of phenols is 1. The van der Waals surface area contributed by atoms with Gasteiger partial charge in [0.1, 0.15) is 22.0 Å². The van der Waals surface area contributed by atoms with Crippen LogP contribution in [0.15, 0.2) is 63.7 Å². The minimum Gasteiger partial charge on any atom is -0.507 e. The molecule has 0 saturated heterocycles. The van der Waals surface area contributed by atoms with E-state index in [0.717, 1.165) is 43.1 Å². The van der Waals surface area contributed by atoms with Gasteiger partial charge in [-0.25, -0.2) is 8.42 Å². The van der Waals surface area contributed by atoms with Crippen molar-refractivity contribution < 1.29 is 13.5 Å². The molecule has 3 aromatic rings. The fraction of sp³-hybridized carbons (Fsp3) is 0.333. The number of rotatable bonds is 5. The van der Waals surface area contributed by atoms with Gasteiger partial charge in [0.2, 0.25) is 10.0 Å². The predicted octanol–water partition coefficient (Wildman–Crippen LogP) is 5.80. The lowest BCUT2D eigenvalue weighted by atomic mass is 9.96. The highest BCUT2D eigenvalue weighted by Crippen LogP contribution is 2.40. The van der Waals surface area contributed by atoms with Crippen LogP contribution in [0.5, 0.6) is 5.75 Å². The molecule has 1 fully saturated rings. The molecule has 0 radical (unpaired) electrons. The second-order valence-electron chi connectivity index (χ2n) is 8.37. The van der Waals surface area contributed by atoms with E-state index in [1.54, 1.807) is 43.4 Å². The van der Waals surface area contributed by atoms with Gasteiger partial charge in [0.15, 0.2) is 0 Å². The van der Waals surface area contributed by atoms with Crippen LogP contribution in [0.2, 0.25) is 0 Å². The Balaban J connectivity index is 1.75. The van der Waals surface area contributed by atoms with Gasteiger partial charge in [0, 0.05) is 13.1 Å². The lowest BCUT2D eigenvalue weighted by Crippen LogP contribution is -2.38. The van der Waals surface area contributed by atoms with Crippen molar-refractivity contribution in [3.63, 3.8) is 0 Å². The third kappa shape index (κ3) is 4.20. The van der Waals surface area contributed by atoms with Crippen molar-refractivity contribution in [2.45, 2.75) is 50.0 Å². The molecule has 3 aromatic carbocycles. The smallest absolute Gasteiger partial charge is 0.245 e. The summed E-state index contributed by atoms with van der Waals surface area (Å²) < 4.78 is 28.3. The van der Waals surface area contributed by atoms with E-state index in [1.165, 1.54) is 4.31 Å². The number of fused-ring (bicyclic) bond motifs is 1. The Morgan fingerprint density at radius 1 is 1.03 bits per heavy atom. The molecule has 0 heterocycles. The third-order valence-electron chi connectivity index (χ3n) is 6.11. The molecule has 1 aliphatic rings. The molecule has 3 N–H and O–H groups in total. The maximum Gasteiger partial charge on any atom is 0.245 e. The molecule has 0 aliphatic heterocycles. The zero-order chi connectivity index (χ0) is 22.9. The standard InChI is InChI=1S/C24H28N4O3S/c1-16-14-17-12-13-19(25)24(23(17)21(29)15-16)27-26-20-10-6-7-11-22(20)32(30,31)28(2)18-8-4-3-5-9-18/h6-7,10-15,18,29H,3-5,8-9,25H2,1-2H3/b27-26+. The van der Waals surface area contributed by atoms with Gasteiger partial charge in [-0.1, -0.05) is 43.5 Å². The molecular weight excluding hydrogens is 424 g/mol. The Morgan fingerprint density at radius 2 is 1.75 bits per heavy atom. The van der Waals surface area contributed by atoms with Crippen molar-refractivity contribution in [3.05, 3.63) is 54.1 Å². The van der Waals surface area contributed by atoms with E-state index in [0.29, 0.717) is 16.8 Å². The average molecular weight is 453 g/mol. The van der Waals surface area contributed by atoms with Gasteiger partial charge < -0.3 is 10.8 Å². The van der Waals surface area contributed by atoms with Gasteiger partial charge in [-0.3, -0.25) is 0 Å². The molecule has 0 aromatic heterocycles. The number of aromatic hydroxyl groups is 1. The maximum absolute atomic E-state index is 13.4. The number of anilines is 1. The van der Waals surface area contributed by atoms with Crippen LogP contribution in [-0.4, -0.2) is 30.9 Å². The SMILES string of the molecule is Cc1cc(O)c2c(/N=N/c3ccccc3S(=O)(=O)N(C)C3CCCCC3)c(N)ccc2c1. The first-order valence-electron chi connectivity index (χ1n) is 10.8. The van der Waals surface area contributed by atoms with Gasteiger partial charge in [-0.15, -0.1) is 10.2 Å². The van der Waals surface area contributed by atoms with E-state index in [9.17, 15) is 13.5 Å². The van der Waals surface area contributed by atoms with E-state index in [4.69, 9.17) is 5.73 Å². The Labute approximate surface area is 188 Å². The summed E-state index contributed by atoms with van der Waals surface area (Å²) in [6.07, 6.45) is 4.95. The summed E-state index contributed by atoms with van der Waals surface area (Å²) in [5, 5.41) is 20.3. The van der Waals surface area contributed by atoms with E-state index in [1.807, 2.05) is 19.1 Å². The lowest BCUT2D eigenvalue weighted by Gasteiger charge is -2.30. The van der Waals surface area contributed by atoms with Crippen LogP contribution in [0.3, 0.4) is 0 Å². The first-order chi connectivity index (χ1) is 15.3. The monoisotopic (exact) mass is 452 g/mol. The Morgan fingerprint density at radius 3 is 2.50 bits per heavy atom. The largest absolute Gasteiger partial charge is 0.507 e. The van der Waals surface area contributed by atoms with Crippen molar-refractivity contribution in [2.75, 3.05) is 12.8 Å². The van der Waals surface area contributed by atoms with Gasteiger partial charge in [-0.2, -0.15) is 4.31 Å². The van der Waals surface area contributed by atoms with Crippen molar-refractivity contribution in [1.29, 1.82) is 0 Å². The zero-order valence-electron chi connectivity index (χ0n) is 18.3. The summed E-state index contributed by atoms with van der Waals surface area (Å²) in [4.78, 5) is 0.107. The van der Waals surface area contributed by atoms with E-state index >= 15 is 0 Å². The van der Waals surface area contributed by atoms with Crippen molar-refractivity contribution >= 4 is 37.9 Å². The maximum atomic E-state index is 13.4. The topological polar surface area (TPSA) is 108 Å². The first-order valence-corrected chi connectivity index (χ1v) is 12.2. The molecule has 0 unspecified atom stereocenters. The quantitative estimate of drug-likeness (QED) is 0.376. The minimum atomic E-state index is -3.74. The Bertz CT molecular complexity index is 1280. The summed E-state index contributed by atoms with van der Waals surface area (Å²) in [6.45, 7) is 1.89. The predicted molar refractivity (Wildman–Crippen MR) is 127 cm³/mol. The summed E-state index contributed by atoms with van der Waals surface area (Å²) in [7, 11) is -2.10. The number of azo groups is 1. The minimum absolute atomic E-state index is 0.00681. The lowest BCUT2D eigenvalue weighted by molar-refractivity contribution is 0.286. The number of benzene rings is 3. The fourth-order valence-electron chi connectivity index (χ4n) is 4.35. The molecule has 0 amide bonds. The zero-order valence-corrected chi connectivity index (χ0v) is 19.1. The van der Waals surface area contributed by atoms with Crippen LogP contribution in [-0.2, 0) is 10.0 Å².